The first-order valence-corrected chi connectivity index (χ1v) is 5.30. The van der Waals surface area contributed by atoms with Crippen LogP contribution in [0.15, 0.2) is 23.1 Å². The molecule has 0 bridgehead atoms. The summed E-state index contributed by atoms with van der Waals surface area (Å²) in [6.07, 6.45) is 2.80. The monoisotopic (exact) mass is 251 g/mol. The number of aromatic nitrogens is 2. The average Bonchev–Trinajstić information content (AvgIpc) is 2.70. The molecule has 1 N–H and O–H groups in total. The maximum absolute atomic E-state index is 11.9. The quantitative estimate of drug-likeness (QED) is 0.833. The van der Waals surface area contributed by atoms with E-state index in [1.54, 1.807) is 19.2 Å². The van der Waals surface area contributed by atoms with Crippen molar-refractivity contribution < 1.29 is 9.21 Å². The number of hydrogen-bond donors (Lipinski definition) is 1. The van der Waals surface area contributed by atoms with Crippen molar-refractivity contribution in [1.82, 2.24) is 9.97 Å². The maximum Gasteiger partial charge on any atom is 0.293 e. The Balaban J connectivity index is 2.28. The van der Waals surface area contributed by atoms with Gasteiger partial charge in [-0.15, -0.1) is 0 Å². The van der Waals surface area contributed by atoms with Crippen molar-refractivity contribution in [3.05, 3.63) is 40.8 Å². The lowest BCUT2D eigenvalue weighted by Gasteiger charge is -2.07. The first-order valence-electron chi connectivity index (χ1n) is 4.92. The molecule has 5 nitrogen and oxygen atoms in total. The van der Waals surface area contributed by atoms with Crippen molar-refractivity contribution in [1.29, 1.82) is 0 Å². The van der Waals surface area contributed by atoms with Crippen LogP contribution in [0.25, 0.3) is 0 Å². The standard InChI is InChI=1S/C11H10ClN3O2/c1-6-3-4-13-10(12)8(6)15-11(16)9-7(2)14-5-17-9/h3-5H,1-2H3,(H,15,16). The molecule has 0 radical (unpaired) electrons. The number of nitrogens with one attached hydrogen (secondary N) is 1. The average molecular weight is 252 g/mol. The number of nitrogens with zero attached hydrogens (tertiary/aromatic N) is 2. The van der Waals surface area contributed by atoms with Gasteiger partial charge in [0.1, 0.15) is 0 Å². The zero-order valence-electron chi connectivity index (χ0n) is 9.32. The number of pyridine rings is 1. The molecule has 0 atom stereocenters. The third-order valence-corrected chi connectivity index (χ3v) is 2.59. The van der Waals surface area contributed by atoms with Crippen LogP contribution >= 0.6 is 11.6 Å². The fraction of sp³-hybridized carbons (Fsp3) is 0.182. The molecule has 1 amide bonds. The molecule has 0 spiro atoms. The normalized spacial score (nSPS) is 10.3. The van der Waals surface area contributed by atoms with Crippen LogP contribution in [0.1, 0.15) is 21.8 Å². The number of carbonyl (C=O) groups is 1. The smallest absolute Gasteiger partial charge is 0.293 e. The Morgan fingerprint density at radius 3 is 2.76 bits per heavy atom. The van der Waals surface area contributed by atoms with Crippen LogP contribution in [0.2, 0.25) is 5.15 Å². The minimum Gasteiger partial charge on any atom is -0.438 e. The van der Waals surface area contributed by atoms with Gasteiger partial charge in [0.25, 0.3) is 5.91 Å². The highest BCUT2D eigenvalue weighted by molar-refractivity contribution is 6.32. The molecule has 88 valence electrons. The molecule has 0 unspecified atom stereocenters. The topological polar surface area (TPSA) is 68.0 Å². The van der Waals surface area contributed by atoms with E-state index in [9.17, 15) is 4.79 Å². The minimum absolute atomic E-state index is 0.171. The highest BCUT2D eigenvalue weighted by atomic mass is 35.5. The van der Waals surface area contributed by atoms with Crippen molar-refractivity contribution in [3.8, 4) is 0 Å². The number of amides is 1. The van der Waals surface area contributed by atoms with Gasteiger partial charge in [0, 0.05) is 6.20 Å². The van der Waals surface area contributed by atoms with E-state index >= 15 is 0 Å². The summed E-state index contributed by atoms with van der Waals surface area (Å²) in [5.74, 6) is -0.220. The van der Waals surface area contributed by atoms with Crippen LogP contribution in [-0.4, -0.2) is 15.9 Å². The predicted molar refractivity (Wildman–Crippen MR) is 63.2 cm³/mol. The number of anilines is 1. The lowest BCUT2D eigenvalue weighted by atomic mass is 10.2. The number of aryl methyl sites for hydroxylation is 2. The first-order chi connectivity index (χ1) is 8.09. The molecule has 0 aliphatic rings. The van der Waals surface area contributed by atoms with Gasteiger partial charge in [-0.05, 0) is 25.5 Å². The van der Waals surface area contributed by atoms with Gasteiger partial charge in [-0.3, -0.25) is 4.79 Å². The third kappa shape index (κ3) is 2.29. The highest BCUT2D eigenvalue weighted by Crippen LogP contribution is 2.23. The number of halogens is 1. The Bertz CT molecular complexity index is 545. The largest absolute Gasteiger partial charge is 0.438 e. The second-order valence-corrected chi connectivity index (χ2v) is 3.87. The molecule has 2 rings (SSSR count). The Morgan fingerprint density at radius 2 is 2.18 bits per heavy atom. The van der Waals surface area contributed by atoms with Crippen molar-refractivity contribution in [2.24, 2.45) is 0 Å². The van der Waals surface area contributed by atoms with E-state index in [-0.39, 0.29) is 10.9 Å². The van der Waals surface area contributed by atoms with Crippen LogP contribution in [0.4, 0.5) is 5.69 Å². The van der Waals surface area contributed by atoms with Gasteiger partial charge in [-0.1, -0.05) is 11.6 Å². The molecule has 17 heavy (non-hydrogen) atoms. The molecule has 0 aromatic carbocycles. The van der Waals surface area contributed by atoms with Gasteiger partial charge in [-0.25, -0.2) is 9.97 Å². The summed E-state index contributed by atoms with van der Waals surface area (Å²) in [6.45, 7) is 3.52. The Hall–Kier alpha value is -1.88. The molecule has 0 saturated carbocycles. The molecule has 2 heterocycles. The predicted octanol–water partition coefficient (Wildman–Crippen LogP) is 2.59. The fourth-order valence-electron chi connectivity index (χ4n) is 1.37. The van der Waals surface area contributed by atoms with Crippen LogP contribution in [0.5, 0.6) is 0 Å². The maximum atomic E-state index is 11.9. The molecule has 0 aliphatic carbocycles. The summed E-state index contributed by atoms with van der Waals surface area (Å²) in [5, 5.41) is 2.90. The van der Waals surface area contributed by atoms with Crippen molar-refractivity contribution in [3.63, 3.8) is 0 Å². The molecule has 0 aliphatic heterocycles. The summed E-state index contributed by atoms with van der Waals surface area (Å²) in [6, 6.07) is 1.76. The Kier molecular flexibility index (Phi) is 3.10. The van der Waals surface area contributed by atoms with Gasteiger partial charge < -0.3 is 9.73 Å². The second kappa shape index (κ2) is 4.55. The number of rotatable bonds is 2. The SMILES string of the molecule is Cc1ccnc(Cl)c1NC(=O)c1ocnc1C. The second-order valence-electron chi connectivity index (χ2n) is 3.51. The summed E-state index contributed by atoms with van der Waals surface area (Å²) in [7, 11) is 0. The van der Waals surface area contributed by atoms with E-state index in [4.69, 9.17) is 16.0 Å². The minimum atomic E-state index is -0.391. The van der Waals surface area contributed by atoms with Crippen LogP contribution < -0.4 is 5.32 Å². The van der Waals surface area contributed by atoms with Gasteiger partial charge >= 0.3 is 0 Å². The molecule has 2 aromatic heterocycles. The van der Waals surface area contributed by atoms with Crippen LogP contribution in [-0.2, 0) is 0 Å². The molecular weight excluding hydrogens is 242 g/mol. The number of oxazole rings is 1. The van der Waals surface area contributed by atoms with Crippen LogP contribution in [0.3, 0.4) is 0 Å². The summed E-state index contributed by atoms with van der Waals surface area (Å²) >= 11 is 5.90. The van der Waals surface area contributed by atoms with Crippen LogP contribution in [0, 0.1) is 13.8 Å². The molecule has 0 saturated heterocycles. The van der Waals surface area contributed by atoms with Crippen molar-refractivity contribution in [2.75, 3.05) is 5.32 Å². The summed E-state index contributed by atoms with van der Waals surface area (Å²) < 4.78 is 4.99. The number of carbonyl (C=O) groups excluding carboxylic acids is 1. The summed E-state index contributed by atoms with van der Waals surface area (Å²) in [4.78, 5) is 19.6. The lowest BCUT2D eigenvalue weighted by molar-refractivity contribution is 0.0995. The van der Waals surface area contributed by atoms with Crippen molar-refractivity contribution in [2.45, 2.75) is 13.8 Å². The lowest BCUT2D eigenvalue weighted by Crippen LogP contribution is -2.13. The van der Waals surface area contributed by atoms with Crippen molar-refractivity contribution >= 4 is 23.2 Å². The fourth-order valence-corrected chi connectivity index (χ4v) is 1.62. The van der Waals surface area contributed by atoms with E-state index < -0.39 is 5.91 Å². The van der Waals surface area contributed by atoms with Gasteiger partial charge in [0.15, 0.2) is 11.5 Å². The number of hydrogen-bond acceptors (Lipinski definition) is 4. The zero-order chi connectivity index (χ0) is 12.4. The van der Waals surface area contributed by atoms with E-state index in [1.165, 1.54) is 6.39 Å². The molecule has 6 heteroatoms. The van der Waals surface area contributed by atoms with E-state index in [2.05, 4.69) is 15.3 Å². The van der Waals surface area contributed by atoms with E-state index in [1.807, 2.05) is 6.92 Å². The zero-order valence-corrected chi connectivity index (χ0v) is 10.1. The van der Waals surface area contributed by atoms with E-state index in [0.29, 0.717) is 11.4 Å². The van der Waals surface area contributed by atoms with Gasteiger partial charge in [0.2, 0.25) is 5.76 Å². The van der Waals surface area contributed by atoms with E-state index in [0.717, 1.165) is 5.56 Å². The highest BCUT2D eigenvalue weighted by Gasteiger charge is 2.16. The summed E-state index contributed by atoms with van der Waals surface area (Å²) in [5.41, 5.74) is 1.84. The molecular formula is C11H10ClN3O2. The van der Waals surface area contributed by atoms with Gasteiger partial charge in [0.05, 0.1) is 11.4 Å². The van der Waals surface area contributed by atoms with Gasteiger partial charge in [-0.2, -0.15) is 0 Å². The Morgan fingerprint density at radius 1 is 1.41 bits per heavy atom. The molecule has 2 aromatic rings. The third-order valence-electron chi connectivity index (χ3n) is 2.30. The molecule has 0 fully saturated rings. The Labute approximate surface area is 103 Å². The first kappa shape index (κ1) is 11.6.